The molecule has 118 valence electrons. The quantitative estimate of drug-likeness (QED) is 0.908. The highest BCUT2D eigenvalue weighted by Gasteiger charge is 2.17. The fraction of sp³-hybridized carbons (Fsp3) is 0.562. The average molecular weight is 300 g/mol. The third kappa shape index (κ3) is 2.97. The molecule has 1 aliphatic heterocycles. The topological polar surface area (TPSA) is 67.7 Å². The van der Waals surface area contributed by atoms with E-state index in [1.54, 1.807) is 0 Å². The number of rotatable bonds is 3. The largest absolute Gasteiger partial charge is 0.367 e. The van der Waals surface area contributed by atoms with E-state index >= 15 is 0 Å². The van der Waals surface area contributed by atoms with Crippen LogP contribution in [0.3, 0.4) is 0 Å². The summed E-state index contributed by atoms with van der Waals surface area (Å²) in [5.41, 5.74) is 4.14. The van der Waals surface area contributed by atoms with E-state index < -0.39 is 0 Å². The van der Waals surface area contributed by atoms with Crippen molar-refractivity contribution < 1.29 is 0 Å². The average Bonchev–Trinajstić information content (AvgIpc) is 2.83. The first-order valence-corrected chi connectivity index (χ1v) is 7.90. The van der Waals surface area contributed by atoms with Gasteiger partial charge < -0.3 is 10.6 Å². The highest BCUT2D eigenvalue weighted by molar-refractivity contribution is 5.48. The lowest BCUT2D eigenvalue weighted by atomic mass is 10.1. The van der Waals surface area contributed by atoms with Crippen LogP contribution in [0.25, 0.3) is 5.95 Å². The van der Waals surface area contributed by atoms with Crippen molar-refractivity contribution in [1.82, 2.24) is 25.1 Å². The Kier molecular flexibility index (Phi) is 4.11. The highest BCUT2D eigenvalue weighted by atomic mass is 15.4. The summed E-state index contributed by atoms with van der Waals surface area (Å²) < 4.78 is 1.81. The molecule has 6 nitrogen and oxygen atoms in total. The summed E-state index contributed by atoms with van der Waals surface area (Å²) >= 11 is 0. The summed E-state index contributed by atoms with van der Waals surface area (Å²) in [6.45, 7) is 10.2. The number of nitrogens with one attached hydrogen (secondary N) is 2. The molecule has 0 radical (unpaired) electrons. The predicted molar refractivity (Wildman–Crippen MR) is 87.6 cm³/mol. The molecule has 0 aromatic carbocycles. The van der Waals surface area contributed by atoms with Crippen LogP contribution in [-0.4, -0.2) is 38.9 Å². The molecular formula is C16H24N6. The zero-order valence-electron chi connectivity index (χ0n) is 13.8. The van der Waals surface area contributed by atoms with Gasteiger partial charge in [-0.15, -0.1) is 0 Å². The minimum atomic E-state index is 0.475. The van der Waals surface area contributed by atoms with Gasteiger partial charge in [0, 0.05) is 23.0 Å². The maximum absolute atomic E-state index is 4.73. The molecule has 2 aromatic heterocycles. The van der Waals surface area contributed by atoms with Crippen molar-refractivity contribution in [2.45, 2.75) is 46.6 Å². The SMILES string of the molecule is Cc1cc(C)n(-c2nc(C)c(C)c(NC3CCNCC3)n2)n1. The van der Waals surface area contributed by atoms with Crippen molar-refractivity contribution in [2.75, 3.05) is 18.4 Å². The molecule has 6 heteroatoms. The molecule has 2 N–H and O–H groups in total. The van der Waals surface area contributed by atoms with Crippen molar-refractivity contribution >= 4 is 5.82 Å². The maximum Gasteiger partial charge on any atom is 0.252 e. The Bertz CT molecular complexity index is 670. The third-order valence-electron chi connectivity index (χ3n) is 4.26. The monoisotopic (exact) mass is 300 g/mol. The van der Waals surface area contributed by atoms with Gasteiger partial charge in [-0.2, -0.15) is 10.1 Å². The van der Waals surface area contributed by atoms with Gasteiger partial charge in [-0.1, -0.05) is 0 Å². The molecule has 0 spiro atoms. The first-order valence-electron chi connectivity index (χ1n) is 7.90. The summed E-state index contributed by atoms with van der Waals surface area (Å²) in [6, 6.07) is 2.51. The molecule has 0 saturated carbocycles. The van der Waals surface area contributed by atoms with Gasteiger partial charge in [0.2, 0.25) is 0 Å². The van der Waals surface area contributed by atoms with Crippen LogP contribution in [0.15, 0.2) is 6.07 Å². The molecule has 0 amide bonds. The Morgan fingerprint density at radius 3 is 2.50 bits per heavy atom. The van der Waals surface area contributed by atoms with Gasteiger partial charge in [-0.3, -0.25) is 0 Å². The number of aromatic nitrogens is 4. The summed E-state index contributed by atoms with van der Waals surface area (Å²) in [5, 5.41) is 11.5. The maximum atomic E-state index is 4.73. The Balaban J connectivity index is 1.94. The van der Waals surface area contributed by atoms with Gasteiger partial charge in [0.15, 0.2) is 0 Å². The van der Waals surface area contributed by atoms with Gasteiger partial charge in [0.25, 0.3) is 5.95 Å². The fourth-order valence-electron chi connectivity index (χ4n) is 2.84. The second kappa shape index (κ2) is 6.04. The number of hydrogen-bond donors (Lipinski definition) is 2. The molecular weight excluding hydrogens is 276 g/mol. The van der Waals surface area contributed by atoms with E-state index in [1.807, 2.05) is 31.5 Å². The Hall–Kier alpha value is -1.95. The first-order chi connectivity index (χ1) is 10.5. The highest BCUT2D eigenvalue weighted by Crippen LogP contribution is 2.20. The van der Waals surface area contributed by atoms with Crippen molar-refractivity contribution in [3.8, 4) is 5.95 Å². The van der Waals surface area contributed by atoms with E-state index in [9.17, 15) is 0 Å². The minimum Gasteiger partial charge on any atom is -0.367 e. The molecule has 0 bridgehead atoms. The number of piperidine rings is 1. The second-order valence-corrected chi connectivity index (χ2v) is 6.09. The molecule has 1 fully saturated rings. The third-order valence-corrected chi connectivity index (χ3v) is 4.26. The standard InChI is InChI=1S/C16H24N6/c1-10-9-11(2)22(21-10)16-18-13(4)12(3)15(20-16)19-14-5-7-17-8-6-14/h9,14,17H,5-8H2,1-4H3,(H,18,19,20). The van der Waals surface area contributed by atoms with Crippen LogP contribution in [0.1, 0.15) is 35.5 Å². The van der Waals surface area contributed by atoms with Crippen molar-refractivity contribution in [3.05, 3.63) is 28.7 Å². The van der Waals surface area contributed by atoms with E-state index in [4.69, 9.17) is 4.98 Å². The number of nitrogens with zero attached hydrogens (tertiary/aromatic N) is 4. The van der Waals surface area contributed by atoms with Crippen LogP contribution in [0, 0.1) is 27.7 Å². The van der Waals surface area contributed by atoms with Crippen molar-refractivity contribution in [3.63, 3.8) is 0 Å². The van der Waals surface area contributed by atoms with Gasteiger partial charge in [0.1, 0.15) is 5.82 Å². The molecule has 22 heavy (non-hydrogen) atoms. The van der Waals surface area contributed by atoms with Crippen LogP contribution in [0.4, 0.5) is 5.82 Å². The zero-order chi connectivity index (χ0) is 15.7. The van der Waals surface area contributed by atoms with Gasteiger partial charge in [-0.25, -0.2) is 9.67 Å². The minimum absolute atomic E-state index is 0.475. The van der Waals surface area contributed by atoms with Crippen molar-refractivity contribution in [1.29, 1.82) is 0 Å². The normalized spacial score (nSPS) is 16.0. The van der Waals surface area contributed by atoms with Crippen LogP contribution in [0.2, 0.25) is 0 Å². The van der Waals surface area contributed by atoms with Crippen LogP contribution in [0.5, 0.6) is 0 Å². The Morgan fingerprint density at radius 2 is 1.86 bits per heavy atom. The van der Waals surface area contributed by atoms with Gasteiger partial charge in [-0.05, 0) is 59.7 Å². The molecule has 0 unspecified atom stereocenters. The van der Waals surface area contributed by atoms with Crippen LogP contribution >= 0.6 is 0 Å². The number of anilines is 1. The summed E-state index contributed by atoms with van der Waals surface area (Å²) in [6.07, 6.45) is 2.25. The second-order valence-electron chi connectivity index (χ2n) is 6.09. The number of hydrogen-bond acceptors (Lipinski definition) is 5. The van der Waals surface area contributed by atoms with Gasteiger partial charge >= 0.3 is 0 Å². The summed E-state index contributed by atoms with van der Waals surface area (Å²) in [5.74, 6) is 1.58. The van der Waals surface area contributed by atoms with Crippen LogP contribution in [-0.2, 0) is 0 Å². The lowest BCUT2D eigenvalue weighted by Crippen LogP contribution is -2.35. The summed E-state index contributed by atoms with van der Waals surface area (Å²) in [7, 11) is 0. The molecule has 0 atom stereocenters. The molecule has 3 rings (SSSR count). The van der Waals surface area contributed by atoms with Crippen molar-refractivity contribution in [2.24, 2.45) is 0 Å². The summed E-state index contributed by atoms with van der Waals surface area (Å²) in [4.78, 5) is 9.34. The van der Waals surface area contributed by atoms with E-state index in [-0.39, 0.29) is 0 Å². The smallest absolute Gasteiger partial charge is 0.252 e. The van der Waals surface area contributed by atoms with E-state index in [1.165, 1.54) is 0 Å². The molecule has 2 aromatic rings. The van der Waals surface area contributed by atoms with Crippen LogP contribution < -0.4 is 10.6 Å². The van der Waals surface area contributed by atoms with E-state index in [0.29, 0.717) is 12.0 Å². The Morgan fingerprint density at radius 1 is 1.14 bits per heavy atom. The zero-order valence-corrected chi connectivity index (χ0v) is 13.8. The fourth-order valence-corrected chi connectivity index (χ4v) is 2.84. The lowest BCUT2D eigenvalue weighted by Gasteiger charge is -2.25. The molecule has 1 saturated heterocycles. The van der Waals surface area contributed by atoms with E-state index in [2.05, 4.69) is 27.6 Å². The van der Waals surface area contributed by atoms with E-state index in [0.717, 1.165) is 54.4 Å². The molecule has 3 heterocycles. The lowest BCUT2D eigenvalue weighted by molar-refractivity contribution is 0.478. The number of aryl methyl sites for hydroxylation is 3. The Labute approximate surface area is 131 Å². The predicted octanol–water partition coefficient (Wildman–Crippen LogP) is 2.06. The first kappa shape index (κ1) is 15.0. The molecule has 1 aliphatic rings. The van der Waals surface area contributed by atoms with Gasteiger partial charge in [0.05, 0.1) is 5.69 Å². The molecule has 0 aliphatic carbocycles.